The van der Waals surface area contributed by atoms with Gasteiger partial charge in [0.05, 0.1) is 0 Å². The second kappa shape index (κ2) is 16.7. The van der Waals surface area contributed by atoms with Crippen molar-refractivity contribution in [1.82, 2.24) is 10.2 Å². The van der Waals surface area contributed by atoms with Gasteiger partial charge in [-0.1, -0.05) is 70.5 Å². The van der Waals surface area contributed by atoms with Crippen LogP contribution in [0.2, 0.25) is 0 Å². The number of nitrogens with one attached hydrogen (secondary N) is 1. The van der Waals surface area contributed by atoms with Gasteiger partial charge in [-0.3, -0.25) is 9.59 Å². The molecule has 244 valence electrons. The minimum Gasteiger partial charge on any atom is -0.420 e. The molecular weight excluding hydrogens is 675 g/mol. The van der Waals surface area contributed by atoms with Gasteiger partial charge in [0, 0.05) is 35.7 Å². The lowest BCUT2D eigenvalue weighted by molar-refractivity contribution is -0.189. The molecule has 0 heterocycles. The van der Waals surface area contributed by atoms with Crippen molar-refractivity contribution in [2.45, 2.75) is 25.6 Å². The molecule has 0 aromatic heterocycles. The first kappa shape index (κ1) is 35.1. The summed E-state index contributed by atoms with van der Waals surface area (Å²) in [6.07, 6.45) is -0.788. The van der Waals surface area contributed by atoms with E-state index in [0.717, 1.165) is 32.3 Å². The highest BCUT2D eigenvalue weighted by Gasteiger charge is 2.41. The zero-order chi connectivity index (χ0) is 33.8. The van der Waals surface area contributed by atoms with Crippen molar-refractivity contribution < 1.29 is 32.3 Å². The number of esters is 1. The second-order valence-electron chi connectivity index (χ2n) is 10.6. The molecule has 0 atom stereocenters. The molecule has 0 fully saturated rings. The van der Waals surface area contributed by atoms with Gasteiger partial charge in [0.2, 0.25) is 5.91 Å². The van der Waals surface area contributed by atoms with Crippen LogP contribution in [0.5, 0.6) is 5.75 Å². The van der Waals surface area contributed by atoms with E-state index in [1.807, 2.05) is 66.7 Å². The van der Waals surface area contributed by atoms with E-state index >= 15 is 0 Å². The molecule has 0 unspecified atom stereocenters. The first-order valence-corrected chi connectivity index (χ1v) is 15.6. The van der Waals surface area contributed by atoms with Gasteiger partial charge >= 0.3 is 12.1 Å². The number of nitrogens with zero attached hydrogens (tertiary/aromatic N) is 1. The van der Waals surface area contributed by atoms with Gasteiger partial charge in [0.25, 0.3) is 5.91 Å². The Morgan fingerprint density at radius 2 is 1.55 bits per heavy atom. The van der Waals surface area contributed by atoms with Gasteiger partial charge in [-0.25, -0.2) is 4.79 Å². The molecule has 4 rings (SSSR count). The van der Waals surface area contributed by atoms with Crippen molar-refractivity contribution in [1.29, 1.82) is 0 Å². The number of halogens is 4. The summed E-state index contributed by atoms with van der Waals surface area (Å²) in [5.41, 5.74) is 10.2. The lowest BCUT2D eigenvalue weighted by atomic mass is 10.0. The van der Waals surface area contributed by atoms with E-state index in [9.17, 15) is 27.6 Å². The molecule has 47 heavy (non-hydrogen) atoms. The van der Waals surface area contributed by atoms with Crippen molar-refractivity contribution in [3.8, 4) is 16.9 Å². The number of carbonyl (C=O) groups is 3. The van der Waals surface area contributed by atoms with Gasteiger partial charge in [-0.05, 0) is 95.7 Å². The maximum atomic E-state index is 13.5. The number of nitrogens with two attached hydrogens (primary N) is 1. The van der Waals surface area contributed by atoms with E-state index in [2.05, 4.69) is 26.0 Å². The first-order chi connectivity index (χ1) is 22.5. The molecule has 3 N–H and O–H groups in total. The summed E-state index contributed by atoms with van der Waals surface area (Å²) in [5, 5.41) is 2.86. The molecule has 0 aliphatic heterocycles. The third-order valence-electron chi connectivity index (χ3n) is 7.06. The minimum atomic E-state index is -5.09. The van der Waals surface area contributed by atoms with E-state index in [1.165, 1.54) is 18.2 Å². The zero-order valence-electron chi connectivity index (χ0n) is 25.3. The van der Waals surface area contributed by atoms with Crippen molar-refractivity contribution in [3.05, 3.63) is 130 Å². The minimum absolute atomic E-state index is 0.183. The molecule has 0 spiro atoms. The Hall–Kier alpha value is -4.74. The van der Waals surface area contributed by atoms with Crippen molar-refractivity contribution in [2.75, 3.05) is 19.6 Å². The fraction of sp³-hybridized carbons (Fsp3) is 0.194. The number of rotatable bonds is 13. The highest BCUT2D eigenvalue weighted by atomic mass is 79.9. The van der Waals surface area contributed by atoms with Gasteiger partial charge in [-0.15, -0.1) is 0 Å². The van der Waals surface area contributed by atoms with E-state index < -0.39 is 12.1 Å². The Morgan fingerprint density at radius 3 is 2.23 bits per heavy atom. The standard InChI is InChI=1S/C36H33BrF3N3O4/c37-31-13-8-25(9-14-31)12-17-33(44)43(21-18-26-10-15-32(16-11-26)47-35(46)36(38,39)40)24-27-4-1-5-28(22-27)29-6-2-7-30(23-29)34(45)42-20-3-19-41/h1-2,4-17,22-23H,3,18-21,24,41H2,(H,42,45)/b17-12+. The molecule has 0 radical (unpaired) electrons. The summed E-state index contributed by atoms with van der Waals surface area (Å²) in [4.78, 5) is 38.9. The Kier molecular flexibility index (Phi) is 12.5. The molecule has 4 aromatic rings. The summed E-state index contributed by atoms with van der Waals surface area (Å²) in [7, 11) is 0. The van der Waals surface area contributed by atoms with E-state index in [1.54, 1.807) is 29.2 Å². The topological polar surface area (TPSA) is 102 Å². The van der Waals surface area contributed by atoms with Gasteiger partial charge in [0.1, 0.15) is 5.75 Å². The molecule has 7 nitrogen and oxygen atoms in total. The molecule has 0 saturated carbocycles. The molecule has 4 aromatic carbocycles. The smallest absolute Gasteiger partial charge is 0.420 e. The highest BCUT2D eigenvalue weighted by molar-refractivity contribution is 9.10. The van der Waals surface area contributed by atoms with Crippen LogP contribution in [0.4, 0.5) is 13.2 Å². The second-order valence-corrected chi connectivity index (χ2v) is 11.5. The van der Waals surface area contributed by atoms with Gasteiger partial charge in [-0.2, -0.15) is 13.2 Å². The van der Waals surface area contributed by atoms with Crippen molar-refractivity contribution in [3.63, 3.8) is 0 Å². The Bertz CT molecular complexity index is 1710. The van der Waals surface area contributed by atoms with Crippen LogP contribution in [0.1, 0.15) is 33.5 Å². The molecule has 11 heteroatoms. The Labute approximate surface area is 279 Å². The van der Waals surface area contributed by atoms with Gasteiger partial charge in [0.15, 0.2) is 0 Å². The van der Waals surface area contributed by atoms with Crippen LogP contribution in [-0.2, 0) is 22.6 Å². The number of amides is 2. The molecule has 0 saturated heterocycles. The van der Waals surface area contributed by atoms with Crippen molar-refractivity contribution in [2.24, 2.45) is 5.73 Å². The van der Waals surface area contributed by atoms with Crippen LogP contribution < -0.4 is 15.8 Å². The lowest BCUT2D eigenvalue weighted by Crippen LogP contribution is -2.31. The molecule has 2 amide bonds. The number of benzene rings is 4. The molecule has 0 bridgehead atoms. The monoisotopic (exact) mass is 707 g/mol. The van der Waals surface area contributed by atoms with E-state index in [4.69, 9.17) is 5.73 Å². The summed E-state index contributed by atoms with van der Waals surface area (Å²) in [5.74, 6) is -2.93. The van der Waals surface area contributed by atoms with Crippen LogP contribution in [0, 0.1) is 0 Å². The van der Waals surface area contributed by atoms with Crippen molar-refractivity contribution >= 4 is 39.8 Å². The number of hydrogen-bond donors (Lipinski definition) is 2. The summed E-state index contributed by atoms with van der Waals surface area (Å²) >= 11 is 3.40. The number of alkyl halides is 3. The zero-order valence-corrected chi connectivity index (χ0v) is 26.9. The third kappa shape index (κ3) is 10.9. The third-order valence-corrected chi connectivity index (χ3v) is 7.59. The number of hydrogen-bond acceptors (Lipinski definition) is 5. The SMILES string of the molecule is NCCCNC(=O)c1cccc(-c2cccc(CN(CCc3ccc(OC(=O)C(F)(F)F)cc3)C(=O)/C=C/c3ccc(Br)cc3)c2)c1. The average molecular weight is 709 g/mol. The maximum absolute atomic E-state index is 13.5. The number of carbonyl (C=O) groups excluding carboxylic acids is 3. The fourth-order valence-corrected chi connectivity index (χ4v) is 4.85. The number of ether oxygens (including phenoxy) is 1. The summed E-state index contributed by atoms with van der Waals surface area (Å²) in [6, 6.07) is 28.2. The van der Waals surface area contributed by atoms with E-state index in [-0.39, 0.29) is 24.1 Å². The quantitative estimate of drug-likeness (QED) is 0.0678. The predicted molar refractivity (Wildman–Crippen MR) is 178 cm³/mol. The van der Waals surface area contributed by atoms with Crippen LogP contribution in [-0.4, -0.2) is 48.5 Å². The van der Waals surface area contributed by atoms with Crippen LogP contribution >= 0.6 is 15.9 Å². The average Bonchev–Trinajstić information content (AvgIpc) is 3.06. The summed E-state index contributed by atoms with van der Waals surface area (Å²) in [6.45, 7) is 1.55. The highest BCUT2D eigenvalue weighted by Crippen LogP contribution is 2.24. The molecule has 0 aliphatic carbocycles. The first-order valence-electron chi connectivity index (χ1n) is 14.8. The van der Waals surface area contributed by atoms with Crippen LogP contribution in [0.25, 0.3) is 17.2 Å². The van der Waals surface area contributed by atoms with Crippen LogP contribution in [0.15, 0.2) is 108 Å². The Balaban J connectivity index is 1.51. The lowest BCUT2D eigenvalue weighted by Gasteiger charge is -2.22. The largest absolute Gasteiger partial charge is 0.491 e. The maximum Gasteiger partial charge on any atom is 0.491 e. The van der Waals surface area contributed by atoms with E-state index in [0.29, 0.717) is 38.0 Å². The normalized spacial score (nSPS) is 11.3. The Morgan fingerprint density at radius 1 is 0.872 bits per heavy atom. The van der Waals surface area contributed by atoms with Gasteiger partial charge < -0.3 is 20.7 Å². The van der Waals surface area contributed by atoms with Crippen LogP contribution in [0.3, 0.4) is 0 Å². The molecular formula is C36H33BrF3N3O4. The fourth-order valence-electron chi connectivity index (χ4n) is 4.58. The molecule has 0 aliphatic rings. The predicted octanol–water partition coefficient (Wildman–Crippen LogP) is 6.95. The summed E-state index contributed by atoms with van der Waals surface area (Å²) < 4.78 is 43.0.